The van der Waals surface area contributed by atoms with E-state index in [9.17, 15) is 4.79 Å². The molecule has 1 saturated carbocycles. The van der Waals surface area contributed by atoms with E-state index in [0.29, 0.717) is 0 Å². The molecule has 2 unspecified atom stereocenters. The first-order valence-electron chi connectivity index (χ1n) is 6.13. The van der Waals surface area contributed by atoms with Crippen LogP contribution in [0, 0.1) is 0 Å². The fourth-order valence-electron chi connectivity index (χ4n) is 2.23. The Labute approximate surface area is 101 Å². The van der Waals surface area contributed by atoms with Crippen LogP contribution < -0.4 is 11.1 Å². The molecule has 1 fully saturated rings. The largest absolute Gasteiger partial charge is 0.350 e. The van der Waals surface area contributed by atoms with E-state index in [1.54, 1.807) is 0 Å². The molecule has 1 aromatic heterocycles. The van der Waals surface area contributed by atoms with Crippen LogP contribution in [0.25, 0.3) is 0 Å². The summed E-state index contributed by atoms with van der Waals surface area (Å²) in [6.45, 7) is 0.212. The number of aromatic nitrogens is 3. The number of carbonyl (C=O) groups is 1. The Morgan fingerprint density at radius 1 is 1.41 bits per heavy atom. The Morgan fingerprint density at radius 2 is 2.24 bits per heavy atom. The number of hydrogen-bond donors (Lipinski definition) is 2. The van der Waals surface area contributed by atoms with E-state index in [2.05, 4.69) is 15.4 Å². The molecule has 0 bridgehead atoms. The van der Waals surface area contributed by atoms with Gasteiger partial charge in [0.05, 0.1) is 0 Å². The number of nitrogens with zero attached hydrogens (tertiary/aromatic N) is 3. The molecule has 3 N–H and O–H groups in total. The number of carbonyl (C=O) groups excluding carboxylic acids is 1. The third-order valence-electron chi connectivity index (χ3n) is 3.19. The predicted molar refractivity (Wildman–Crippen MR) is 63.0 cm³/mol. The van der Waals surface area contributed by atoms with Gasteiger partial charge < -0.3 is 11.1 Å². The minimum Gasteiger partial charge on any atom is -0.350 e. The minimum atomic E-state index is -0.0437. The van der Waals surface area contributed by atoms with Crippen molar-refractivity contribution in [3.05, 3.63) is 12.7 Å². The lowest BCUT2D eigenvalue weighted by molar-refractivity contribution is -0.122. The summed E-state index contributed by atoms with van der Waals surface area (Å²) < 4.78 is 1.51. The van der Waals surface area contributed by atoms with Crippen LogP contribution in [0.3, 0.4) is 0 Å². The molecular weight excluding hydrogens is 218 g/mol. The Kier molecular flexibility index (Phi) is 4.08. The molecule has 2 rings (SSSR count). The van der Waals surface area contributed by atoms with Crippen molar-refractivity contribution >= 4 is 5.91 Å². The number of hydrogen-bond acceptors (Lipinski definition) is 4. The van der Waals surface area contributed by atoms with Crippen molar-refractivity contribution in [2.75, 3.05) is 0 Å². The maximum Gasteiger partial charge on any atom is 0.242 e. The standard InChI is InChI=1S/C11H19N5O/c12-9-4-2-1-3-5-10(9)15-11(17)6-16-8-13-7-14-16/h7-10H,1-6,12H2,(H,15,17). The van der Waals surface area contributed by atoms with Gasteiger partial charge in [0.2, 0.25) is 5.91 Å². The lowest BCUT2D eigenvalue weighted by Gasteiger charge is -2.22. The first kappa shape index (κ1) is 12.0. The summed E-state index contributed by atoms with van der Waals surface area (Å²) in [5.41, 5.74) is 6.05. The molecular formula is C11H19N5O. The molecule has 1 aromatic rings. The Morgan fingerprint density at radius 3 is 3.00 bits per heavy atom. The first-order chi connectivity index (χ1) is 8.25. The lowest BCUT2D eigenvalue weighted by Crippen LogP contribution is -2.47. The molecule has 1 amide bonds. The van der Waals surface area contributed by atoms with Gasteiger partial charge in [-0.1, -0.05) is 19.3 Å². The number of nitrogens with one attached hydrogen (secondary N) is 1. The Balaban J connectivity index is 1.84. The van der Waals surface area contributed by atoms with E-state index in [1.165, 1.54) is 23.8 Å². The lowest BCUT2D eigenvalue weighted by atomic mass is 10.0. The van der Waals surface area contributed by atoms with Gasteiger partial charge in [-0.25, -0.2) is 9.67 Å². The van der Waals surface area contributed by atoms with Crippen LogP contribution in [0.4, 0.5) is 0 Å². The maximum atomic E-state index is 11.8. The second-order valence-electron chi connectivity index (χ2n) is 4.57. The molecule has 0 spiro atoms. The normalized spacial score (nSPS) is 25.2. The van der Waals surface area contributed by atoms with E-state index in [-0.39, 0.29) is 24.5 Å². The van der Waals surface area contributed by atoms with E-state index in [0.717, 1.165) is 25.7 Å². The minimum absolute atomic E-state index is 0.0437. The SMILES string of the molecule is NC1CCCCCC1NC(=O)Cn1cncn1. The highest BCUT2D eigenvalue weighted by Crippen LogP contribution is 2.16. The van der Waals surface area contributed by atoms with Gasteiger partial charge in [-0.15, -0.1) is 0 Å². The molecule has 0 aliphatic heterocycles. The molecule has 0 aromatic carbocycles. The molecule has 2 atom stereocenters. The fraction of sp³-hybridized carbons (Fsp3) is 0.727. The quantitative estimate of drug-likeness (QED) is 0.728. The van der Waals surface area contributed by atoms with Gasteiger partial charge in [0.1, 0.15) is 19.2 Å². The summed E-state index contributed by atoms with van der Waals surface area (Å²) >= 11 is 0. The van der Waals surface area contributed by atoms with E-state index in [4.69, 9.17) is 5.73 Å². The van der Waals surface area contributed by atoms with E-state index < -0.39 is 0 Å². The van der Waals surface area contributed by atoms with Gasteiger partial charge in [0.25, 0.3) is 0 Å². The number of nitrogens with two attached hydrogens (primary N) is 1. The average Bonchev–Trinajstić information content (AvgIpc) is 2.71. The summed E-state index contributed by atoms with van der Waals surface area (Å²) in [6, 6.07) is 0.186. The molecule has 0 radical (unpaired) electrons. The van der Waals surface area contributed by atoms with Crippen LogP contribution in [-0.4, -0.2) is 32.8 Å². The smallest absolute Gasteiger partial charge is 0.242 e. The van der Waals surface area contributed by atoms with Gasteiger partial charge in [0, 0.05) is 12.1 Å². The van der Waals surface area contributed by atoms with E-state index >= 15 is 0 Å². The van der Waals surface area contributed by atoms with Crippen LogP contribution in [-0.2, 0) is 11.3 Å². The zero-order valence-corrected chi connectivity index (χ0v) is 9.88. The molecule has 17 heavy (non-hydrogen) atoms. The van der Waals surface area contributed by atoms with Crippen LogP contribution in [0.2, 0.25) is 0 Å². The monoisotopic (exact) mass is 237 g/mol. The molecule has 6 nitrogen and oxygen atoms in total. The Bertz CT molecular complexity index is 351. The summed E-state index contributed by atoms with van der Waals surface area (Å²) in [7, 11) is 0. The van der Waals surface area contributed by atoms with Gasteiger partial charge in [-0.3, -0.25) is 4.79 Å². The van der Waals surface area contributed by atoms with Crippen molar-refractivity contribution in [3.8, 4) is 0 Å². The van der Waals surface area contributed by atoms with Gasteiger partial charge in [0.15, 0.2) is 0 Å². The average molecular weight is 237 g/mol. The second kappa shape index (κ2) is 5.77. The zero-order chi connectivity index (χ0) is 12.1. The van der Waals surface area contributed by atoms with Crippen molar-refractivity contribution in [2.45, 2.75) is 50.7 Å². The fourth-order valence-corrected chi connectivity index (χ4v) is 2.23. The number of rotatable bonds is 3. The van der Waals surface area contributed by atoms with Crippen molar-refractivity contribution in [1.29, 1.82) is 0 Å². The van der Waals surface area contributed by atoms with Crippen molar-refractivity contribution in [3.63, 3.8) is 0 Å². The van der Waals surface area contributed by atoms with Crippen LogP contribution in [0.1, 0.15) is 32.1 Å². The molecule has 6 heteroatoms. The van der Waals surface area contributed by atoms with Gasteiger partial charge >= 0.3 is 0 Å². The third kappa shape index (κ3) is 3.52. The molecule has 1 aliphatic rings. The van der Waals surface area contributed by atoms with Crippen LogP contribution >= 0.6 is 0 Å². The predicted octanol–water partition coefficient (Wildman–Crippen LogP) is 0.0543. The summed E-state index contributed by atoms with van der Waals surface area (Å²) in [5.74, 6) is -0.0437. The highest BCUT2D eigenvalue weighted by molar-refractivity contribution is 5.76. The Hall–Kier alpha value is -1.43. The van der Waals surface area contributed by atoms with E-state index in [1.807, 2.05) is 0 Å². The first-order valence-corrected chi connectivity index (χ1v) is 6.13. The molecule has 1 aliphatic carbocycles. The topological polar surface area (TPSA) is 85.8 Å². The third-order valence-corrected chi connectivity index (χ3v) is 3.19. The summed E-state index contributed by atoms with van der Waals surface area (Å²) in [6.07, 6.45) is 8.44. The van der Waals surface area contributed by atoms with Crippen molar-refractivity contribution in [1.82, 2.24) is 20.1 Å². The maximum absolute atomic E-state index is 11.8. The van der Waals surface area contributed by atoms with Gasteiger partial charge in [-0.05, 0) is 12.8 Å². The zero-order valence-electron chi connectivity index (χ0n) is 9.88. The molecule has 0 saturated heterocycles. The van der Waals surface area contributed by atoms with Crippen molar-refractivity contribution in [2.24, 2.45) is 5.73 Å². The summed E-state index contributed by atoms with van der Waals surface area (Å²) in [4.78, 5) is 15.6. The van der Waals surface area contributed by atoms with Crippen LogP contribution in [0.5, 0.6) is 0 Å². The van der Waals surface area contributed by atoms with Gasteiger partial charge in [-0.2, -0.15) is 5.10 Å². The van der Waals surface area contributed by atoms with Crippen LogP contribution in [0.15, 0.2) is 12.7 Å². The molecule has 94 valence electrons. The summed E-state index contributed by atoms with van der Waals surface area (Å²) in [5, 5.41) is 6.89. The second-order valence-corrected chi connectivity index (χ2v) is 4.57. The highest BCUT2D eigenvalue weighted by Gasteiger charge is 2.21. The highest BCUT2D eigenvalue weighted by atomic mass is 16.2. The number of amides is 1. The molecule has 1 heterocycles. The van der Waals surface area contributed by atoms with Crippen molar-refractivity contribution < 1.29 is 4.79 Å².